The van der Waals surface area contributed by atoms with Crippen LogP contribution < -0.4 is 10.6 Å². The molecule has 0 saturated carbocycles. The first kappa shape index (κ1) is 14.7. The van der Waals surface area contributed by atoms with Crippen LogP contribution in [0.2, 0.25) is 0 Å². The van der Waals surface area contributed by atoms with Crippen molar-refractivity contribution in [2.75, 3.05) is 26.4 Å². The van der Waals surface area contributed by atoms with E-state index in [2.05, 4.69) is 10.6 Å². The topological polar surface area (TPSA) is 59.6 Å². The van der Waals surface area contributed by atoms with E-state index in [1.54, 1.807) is 0 Å². The van der Waals surface area contributed by atoms with E-state index in [4.69, 9.17) is 9.47 Å². The predicted molar refractivity (Wildman–Crippen MR) is 66.4 cm³/mol. The highest BCUT2D eigenvalue weighted by atomic mass is 35.5. The van der Waals surface area contributed by atoms with Crippen LogP contribution in [0.3, 0.4) is 0 Å². The molecule has 0 aliphatic carbocycles. The minimum absolute atomic E-state index is 0. The molecule has 2 N–H and O–H groups in total. The van der Waals surface area contributed by atoms with Crippen LogP contribution in [0.25, 0.3) is 0 Å². The first-order chi connectivity index (χ1) is 7.77. The molecule has 0 aromatic carbocycles. The monoisotopic (exact) mass is 264 g/mol. The number of carbonyl (C=O) groups is 1. The lowest BCUT2D eigenvalue weighted by molar-refractivity contribution is -0.127. The van der Waals surface area contributed by atoms with Crippen LogP contribution in [0.15, 0.2) is 0 Å². The third-order valence-corrected chi connectivity index (χ3v) is 3.13. The zero-order chi connectivity index (χ0) is 11.4. The molecular weight excluding hydrogens is 244 g/mol. The van der Waals surface area contributed by atoms with Gasteiger partial charge < -0.3 is 20.1 Å². The van der Waals surface area contributed by atoms with Crippen molar-refractivity contribution >= 4 is 18.3 Å². The highest BCUT2D eigenvalue weighted by Crippen LogP contribution is 2.15. The lowest BCUT2D eigenvalue weighted by Crippen LogP contribution is -2.54. The van der Waals surface area contributed by atoms with Gasteiger partial charge in [-0.25, -0.2) is 0 Å². The van der Waals surface area contributed by atoms with Gasteiger partial charge in [-0.1, -0.05) is 0 Å². The van der Waals surface area contributed by atoms with Crippen LogP contribution in [0, 0.1) is 0 Å². The van der Waals surface area contributed by atoms with Crippen LogP contribution in [-0.4, -0.2) is 50.5 Å². The number of nitrogens with one attached hydrogen (secondary N) is 2. The van der Waals surface area contributed by atoms with Crippen molar-refractivity contribution in [2.45, 2.75) is 38.0 Å². The van der Waals surface area contributed by atoms with Gasteiger partial charge in [0, 0.05) is 13.2 Å². The molecule has 2 saturated heterocycles. The average Bonchev–Trinajstić information content (AvgIpc) is 2.83. The first-order valence-electron chi connectivity index (χ1n) is 6.00. The molecule has 3 unspecified atom stereocenters. The Labute approximate surface area is 108 Å². The number of amides is 1. The largest absolute Gasteiger partial charge is 0.378 e. The van der Waals surface area contributed by atoms with Gasteiger partial charge >= 0.3 is 0 Å². The number of ether oxygens (including phenoxy) is 2. The molecule has 17 heavy (non-hydrogen) atoms. The van der Waals surface area contributed by atoms with E-state index in [1.165, 1.54) is 0 Å². The molecule has 1 amide bonds. The Bertz CT molecular complexity index is 241. The fraction of sp³-hybridized carbons (Fsp3) is 0.909. The fourth-order valence-electron chi connectivity index (χ4n) is 2.15. The molecule has 2 aliphatic heterocycles. The fourth-order valence-corrected chi connectivity index (χ4v) is 2.15. The van der Waals surface area contributed by atoms with Crippen molar-refractivity contribution in [2.24, 2.45) is 0 Å². The maximum Gasteiger partial charge on any atom is 0.239 e. The Morgan fingerprint density at radius 1 is 1.47 bits per heavy atom. The number of carbonyl (C=O) groups excluding carboxylic acids is 1. The molecule has 5 nitrogen and oxygen atoms in total. The summed E-state index contributed by atoms with van der Waals surface area (Å²) in [5.41, 5.74) is 0. The summed E-state index contributed by atoms with van der Waals surface area (Å²) in [6.07, 6.45) is 2.31. The van der Waals surface area contributed by atoms with E-state index in [1.807, 2.05) is 6.92 Å². The standard InChI is InChI=1S/C11H20N2O3.ClH/c1-8(10-3-2-5-16-10)13-11(14)9-7-15-6-4-12-9;/h8-10,12H,2-7H2,1H3,(H,13,14);1H. The van der Waals surface area contributed by atoms with Crippen molar-refractivity contribution < 1.29 is 14.3 Å². The zero-order valence-corrected chi connectivity index (χ0v) is 10.9. The molecule has 0 spiro atoms. The summed E-state index contributed by atoms with van der Waals surface area (Å²) in [5.74, 6) is 0.0164. The molecular formula is C11H21ClN2O3. The number of hydrogen-bond donors (Lipinski definition) is 2. The van der Waals surface area contributed by atoms with Crippen LogP contribution in [0.4, 0.5) is 0 Å². The molecule has 3 atom stereocenters. The number of halogens is 1. The molecule has 0 bridgehead atoms. The summed E-state index contributed by atoms with van der Waals surface area (Å²) in [6.45, 7) is 4.70. The predicted octanol–water partition coefficient (Wildman–Crippen LogP) is 0.0803. The van der Waals surface area contributed by atoms with Crippen molar-refractivity contribution in [3.8, 4) is 0 Å². The molecule has 0 aromatic rings. The SMILES string of the molecule is CC(NC(=O)C1COCCN1)C1CCCO1.Cl. The van der Waals surface area contributed by atoms with Crippen molar-refractivity contribution in [1.82, 2.24) is 10.6 Å². The first-order valence-corrected chi connectivity index (χ1v) is 6.00. The van der Waals surface area contributed by atoms with Crippen LogP contribution in [0.1, 0.15) is 19.8 Å². The molecule has 6 heteroatoms. The number of morpholine rings is 1. The van der Waals surface area contributed by atoms with Gasteiger partial charge in [-0.2, -0.15) is 0 Å². The third kappa shape index (κ3) is 4.10. The molecule has 2 heterocycles. The Morgan fingerprint density at radius 3 is 2.88 bits per heavy atom. The Kier molecular flexibility index (Phi) is 6.19. The zero-order valence-electron chi connectivity index (χ0n) is 10.1. The van der Waals surface area contributed by atoms with Gasteiger partial charge in [0.1, 0.15) is 6.04 Å². The van der Waals surface area contributed by atoms with Gasteiger partial charge in [0.2, 0.25) is 5.91 Å². The Balaban J connectivity index is 0.00000144. The highest BCUT2D eigenvalue weighted by Gasteiger charge is 2.27. The number of hydrogen-bond acceptors (Lipinski definition) is 4. The second-order valence-corrected chi connectivity index (χ2v) is 4.43. The van der Waals surface area contributed by atoms with E-state index < -0.39 is 0 Å². The average molecular weight is 265 g/mol. The molecule has 2 fully saturated rings. The van der Waals surface area contributed by atoms with Gasteiger partial charge in [0.25, 0.3) is 0 Å². The Morgan fingerprint density at radius 2 is 2.29 bits per heavy atom. The quantitative estimate of drug-likeness (QED) is 0.758. The summed E-state index contributed by atoms with van der Waals surface area (Å²) in [5, 5.41) is 6.12. The van der Waals surface area contributed by atoms with Gasteiger partial charge in [0.05, 0.1) is 25.4 Å². The highest BCUT2D eigenvalue weighted by molar-refractivity contribution is 5.85. The van der Waals surface area contributed by atoms with Crippen molar-refractivity contribution in [3.63, 3.8) is 0 Å². The summed E-state index contributed by atoms with van der Waals surface area (Å²) in [7, 11) is 0. The molecule has 0 aromatic heterocycles. The summed E-state index contributed by atoms with van der Waals surface area (Å²) >= 11 is 0. The van der Waals surface area contributed by atoms with Crippen LogP contribution in [0.5, 0.6) is 0 Å². The van der Waals surface area contributed by atoms with Crippen molar-refractivity contribution in [3.05, 3.63) is 0 Å². The molecule has 100 valence electrons. The second-order valence-electron chi connectivity index (χ2n) is 4.43. The summed E-state index contributed by atoms with van der Waals surface area (Å²) < 4.78 is 10.8. The second kappa shape index (κ2) is 7.16. The minimum Gasteiger partial charge on any atom is -0.378 e. The number of rotatable bonds is 3. The summed E-state index contributed by atoms with van der Waals surface area (Å²) in [4.78, 5) is 11.9. The van der Waals surface area contributed by atoms with Gasteiger partial charge in [-0.05, 0) is 19.8 Å². The van der Waals surface area contributed by atoms with Gasteiger partial charge in [0.15, 0.2) is 0 Å². The maximum absolute atomic E-state index is 11.9. The van der Waals surface area contributed by atoms with E-state index >= 15 is 0 Å². The lowest BCUT2D eigenvalue weighted by atomic mass is 10.1. The smallest absolute Gasteiger partial charge is 0.239 e. The van der Waals surface area contributed by atoms with E-state index in [-0.39, 0.29) is 36.5 Å². The summed E-state index contributed by atoms with van der Waals surface area (Å²) in [6, 6.07) is -0.128. The van der Waals surface area contributed by atoms with E-state index in [9.17, 15) is 4.79 Å². The van der Waals surface area contributed by atoms with E-state index in [0.29, 0.717) is 13.2 Å². The van der Waals surface area contributed by atoms with Crippen molar-refractivity contribution in [1.29, 1.82) is 0 Å². The maximum atomic E-state index is 11.9. The third-order valence-electron chi connectivity index (χ3n) is 3.13. The van der Waals surface area contributed by atoms with Crippen LogP contribution >= 0.6 is 12.4 Å². The molecule has 0 radical (unpaired) electrons. The molecule has 2 aliphatic rings. The van der Waals surface area contributed by atoms with E-state index in [0.717, 1.165) is 26.0 Å². The van der Waals surface area contributed by atoms with Gasteiger partial charge in [-0.15, -0.1) is 12.4 Å². The van der Waals surface area contributed by atoms with Gasteiger partial charge in [-0.3, -0.25) is 4.79 Å². The lowest BCUT2D eigenvalue weighted by Gasteiger charge is -2.26. The van der Waals surface area contributed by atoms with Crippen LogP contribution in [-0.2, 0) is 14.3 Å². The minimum atomic E-state index is -0.211. The molecule has 2 rings (SSSR count). The Hall–Kier alpha value is -0.360. The normalized spacial score (nSPS) is 30.4.